The third-order valence-corrected chi connectivity index (χ3v) is 3.51. The Labute approximate surface area is 106 Å². The van der Waals surface area contributed by atoms with Crippen LogP contribution in [0.5, 0.6) is 5.75 Å². The maximum atomic E-state index is 5.32. The number of aryl methyl sites for hydroxylation is 2. The fourth-order valence-electron chi connectivity index (χ4n) is 1.54. The second-order valence-corrected chi connectivity index (χ2v) is 4.85. The molecule has 17 heavy (non-hydrogen) atoms. The van der Waals surface area contributed by atoms with E-state index in [4.69, 9.17) is 4.74 Å². The zero-order valence-corrected chi connectivity index (χ0v) is 11.0. The molecular weight excluding hydrogens is 230 g/mol. The number of benzene rings is 1. The van der Waals surface area contributed by atoms with Crippen LogP contribution in [0.25, 0.3) is 0 Å². The van der Waals surface area contributed by atoms with E-state index in [1.807, 2.05) is 31.3 Å². The molecule has 0 saturated heterocycles. The zero-order chi connectivity index (χ0) is 12.3. The Balaban J connectivity index is 2.30. The summed E-state index contributed by atoms with van der Waals surface area (Å²) in [6.45, 7) is 4.13. The Morgan fingerprint density at radius 2 is 2.06 bits per heavy atom. The lowest BCUT2D eigenvalue weighted by Crippen LogP contribution is -1.85. The molecule has 0 spiro atoms. The second-order valence-electron chi connectivity index (χ2n) is 3.90. The lowest BCUT2D eigenvalue weighted by Gasteiger charge is -2.04. The Morgan fingerprint density at radius 3 is 2.71 bits per heavy atom. The average Bonchev–Trinajstić information content (AvgIpc) is 2.73. The molecule has 3 heteroatoms. The fraction of sp³-hybridized carbons (Fsp3) is 0.214. The van der Waals surface area contributed by atoms with E-state index in [-0.39, 0.29) is 0 Å². The molecule has 2 nitrogen and oxygen atoms in total. The predicted octanol–water partition coefficient (Wildman–Crippen LogP) is 4.12. The predicted molar refractivity (Wildman–Crippen MR) is 74.0 cm³/mol. The molecule has 2 rings (SSSR count). The second kappa shape index (κ2) is 5.15. The van der Waals surface area contributed by atoms with E-state index in [9.17, 15) is 0 Å². The number of methoxy groups -OCH3 is 1. The van der Waals surface area contributed by atoms with E-state index < -0.39 is 0 Å². The van der Waals surface area contributed by atoms with Crippen LogP contribution in [-0.4, -0.2) is 13.3 Å². The van der Waals surface area contributed by atoms with Gasteiger partial charge in [0.15, 0.2) is 0 Å². The molecule has 0 atom stereocenters. The highest BCUT2D eigenvalue weighted by molar-refractivity contribution is 7.11. The van der Waals surface area contributed by atoms with Crippen molar-refractivity contribution in [3.05, 3.63) is 45.6 Å². The third-order valence-electron chi connectivity index (χ3n) is 2.56. The lowest BCUT2D eigenvalue weighted by molar-refractivity contribution is 0.416. The minimum absolute atomic E-state index is 0.815. The Kier molecular flexibility index (Phi) is 3.59. The molecule has 2 aromatic rings. The molecule has 0 aliphatic carbocycles. The quantitative estimate of drug-likeness (QED) is 0.745. The van der Waals surface area contributed by atoms with E-state index in [0.29, 0.717) is 0 Å². The van der Waals surface area contributed by atoms with Gasteiger partial charge in [0.25, 0.3) is 0 Å². The standard InChI is InChI=1S/C14H15NOS/c1-10-4-5-12(13(8-10)16-3)15-9-14-11(2)6-7-17-14/h4-9H,1-3H3/b15-9+. The first-order valence-corrected chi connectivity index (χ1v) is 6.31. The molecule has 1 aromatic carbocycles. The van der Waals surface area contributed by atoms with Gasteiger partial charge in [-0.25, -0.2) is 0 Å². The molecule has 0 amide bonds. The van der Waals surface area contributed by atoms with E-state index in [1.165, 1.54) is 16.0 Å². The highest BCUT2D eigenvalue weighted by Crippen LogP contribution is 2.28. The van der Waals surface area contributed by atoms with E-state index in [0.717, 1.165) is 11.4 Å². The van der Waals surface area contributed by atoms with Gasteiger partial charge in [0.1, 0.15) is 11.4 Å². The first-order valence-electron chi connectivity index (χ1n) is 5.43. The smallest absolute Gasteiger partial charge is 0.144 e. The summed E-state index contributed by atoms with van der Waals surface area (Å²) in [6.07, 6.45) is 1.90. The van der Waals surface area contributed by atoms with E-state index >= 15 is 0 Å². The first-order chi connectivity index (χ1) is 8.20. The van der Waals surface area contributed by atoms with Crippen molar-refractivity contribution in [2.75, 3.05) is 7.11 Å². The van der Waals surface area contributed by atoms with Gasteiger partial charge in [-0.1, -0.05) is 6.07 Å². The van der Waals surface area contributed by atoms with Crippen LogP contribution in [0.15, 0.2) is 34.6 Å². The molecule has 0 aliphatic heterocycles. The largest absolute Gasteiger partial charge is 0.494 e. The lowest BCUT2D eigenvalue weighted by atomic mass is 10.2. The SMILES string of the molecule is COc1cc(C)ccc1/N=C/c1sccc1C. The Bertz CT molecular complexity index is 543. The molecule has 1 aromatic heterocycles. The van der Waals surface area contributed by atoms with Crippen LogP contribution in [0.3, 0.4) is 0 Å². The van der Waals surface area contributed by atoms with Gasteiger partial charge in [0.05, 0.1) is 7.11 Å². The van der Waals surface area contributed by atoms with Gasteiger partial charge in [-0.2, -0.15) is 0 Å². The van der Waals surface area contributed by atoms with Crippen LogP contribution in [0.1, 0.15) is 16.0 Å². The molecular formula is C14H15NOS. The van der Waals surface area contributed by atoms with Gasteiger partial charge in [-0.3, -0.25) is 4.99 Å². The van der Waals surface area contributed by atoms with E-state index in [1.54, 1.807) is 18.4 Å². The molecule has 0 aliphatic rings. The number of hydrogen-bond acceptors (Lipinski definition) is 3. The molecule has 0 N–H and O–H groups in total. The number of hydrogen-bond donors (Lipinski definition) is 0. The van der Waals surface area contributed by atoms with Gasteiger partial charge in [0, 0.05) is 11.1 Å². The summed E-state index contributed by atoms with van der Waals surface area (Å²) >= 11 is 1.70. The third kappa shape index (κ3) is 2.74. The number of thiophene rings is 1. The van der Waals surface area contributed by atoms with Gasteiger partial charge < -0.3 is 4.74 Å². The van der Waals surface area contributed by atoms with Crippen molar-refractivity contribution in [3.8, 4) is 5.75 Å². The molecule has 0 saturated carbocycles. The van der Waals surface area contributed by atoms with Crippen LogP contribution in [-0.2, 0) is 0 Å². The number of ether oxygens (including phenoxy) is 1. The summed E-state index contributed by atoms with van der Waals surface area (Å²) in [7, 11) is 1.67. The monoisotopic (exact) mass is 245 g/mol. The highest BCUT2D eigenvalue weighted by atomic mass is 32.1. The summed E-state index contributed by atoms with van der Waals surface area (Å²) in [5.74, 6) is 0.815. The van der Waals surface area contributed by atoms with Crippen LogP contribution >= 0.6 is 11.3 Å². The van der Waals surface area contributed by atoms with Crippen LogP contribution in [0.4, 0.5) is 5.69 Å². The fourth-order valence-corrected chi connectivity index (χ4v) is 2.32. The number of nitrogens with zero attached hydrogens (tertiary/aromatic N) is 1. The van der Waals surface area contributed by atoms with Gasteiger partial charge in [0.2, 0.25) is 0 Å². The minimum Gasteiger partial charge on any atom is -0.494 e. The van der Waals surface area contributed by atoms with Crippen LogP contribution in [0, 0.1) is 13.8 Å². The summed E-state index contributed by atoms with van der Waals surface area (Å²) < 4.78 is 5.32. The number of aliphatic imine (C=N–C) groups is 1. The highest BCUT2D eigenvalue weighted by Gasteiger charge is 2.01. The summed E-state index contributed by atoms with van der Waals surface area (Å²) in [4.78, 5) is 5.67. The van der Waals surface area contributed by atoms with Crippen LogP contribution < -0.4 is 4.74 Å². The molecule has 0 unspecified atom stereocenters. The molecule has 1 heterocycles. The Hall–Kier alpha value is -1.61. The minimum atomic E-state index is 0.815. The zero-order valence-electron chi connectivity index (χ0n) is 10.2. The van der Waals surface area contributed by atoms with Crippen molar-refractivity contribution < 1.29 is 4.74 Å². The summed E-state index contributed by atoms with van der Waals surface area (Å²) in [6, 6.07) is 8.11. The normalized spacial score (nSPS) is 11.0. The van der Waals surface area contributed by atoms with E-state index in [2.05, 4.69) is 23.4 Å². The topological polar surface area (TPSA) is 21.6 Å². The van der Waals surface area contributed by atoms with Crippen molar-refractivity contribution in [3.63, 3.8) is 0 Å². The molecule has 0 fully saturated rings. The van der Waals surface area contributed by atoms with Gasteiger partial charge in [-0.05, 0) is 48.6 Å². The molecule has 88 valence electrons. The van der Waals surface area contributed by atoms with Gasteiger partial charge in [-0.15, -0.1) is 11.3 Å². The van der Waals surface area contributed by atoms with Crippen molar-refractivity contribution in [2.24, 2.45) is 4.99 Å². The first kappa shape index (κ1) is 11.9. The number of rotatable bonds is 3. The van der Waals surface area contributed by atoms with Crippen LogP contribution in [0.2, 0.25) is 0 Å². The van der Waals surface area contributed by atoms with Crippen molar-refractivity contribution in [1.82, 2.24) is 0 Å². The summed E-state index contributed by atoms with van der Waals surface area (Å²) in [5.41, 5.74) is 3.30. The average molecular weight is 245 g/mol. The molecule has 0 bridgehead atoms. The van der Waals surface area contributed by atoms with Crippen molar-refractivity contribution in [1.29, 1.82) is 0 Å². The maximum absolute atomic E-state index is 5.32. The maximum Gasteiger partial charge on any atom is 0.144 e. The van der Waals surface area contributed by atoms with Gasteiger partial charge >= 0.3 is 0 Å². The van der Waals surface area contributed by atoms with Crippen molar-refractivity contribution in [2.45, 2.75) is 13.8 Å². The summed E-state index contributed by atoms with van der Waals surface area (Å²) in [5, 5.41) is 2.07. The van der Waals surface area contributed by atoms with Crippen molar-refractivity contribution >= 4 is 23.2 Å². The Morgan fingerprint density at radius 1 is 1.24 bits per heavy atom. The molecule has 0 radical (unpaired) electrons.